The highest BCUT2D eigenvalue weighted by atomic mass is 35.5. The van der Waals surface area contributed by atoms with Gasteiger partial charge in [0.1, 0.15) is 30.7 Å². The Morgan fingerprint density at radius 2 is 2.04 bits per heavy atom. The van der Waals surface area contributed by atoms with Crippen LogP contribution in [0.15, 0.2) is 55.1 Å². The van der Waals surface area contributed by atoms with Crippen molar-refractivity contribution in [2.24, 2.45) is 0 Å². The van der Waals surface area contributed by atoms with Crippen molar-refractivity contribution in [2.75, 3.05) is 13.2 Å². The molecule has 1 heterocycles. The normalized spacial score (nSPS) is 10.4. The van der Waals surface area contributed by atoms with Crippen LogP contribution in [-0.4, -0.2) is 38.7 Å². The lowest BCUT2D eigenvalue weighted by Crippen LogP contribution is -2.28. The van der Waals surface area contributed by atoms with E-state index in [9.17, 15) is 14.9 Å². The van der Waals surface area contributed by atoms with Crippen LogP contribution in [0.1, 0.15) is 10.4 Å². The van der Waals surface area contributed by atoms with Gasteiger partial charge in [-0.15, -0.1) is 0 Å². The molecule has 0 aliphatic rings. The number of hydrogen-bond donors (Lipinski definition) is 1. The fourth-order valence-electron chi connectivity index (χ4n) is 2.30. The Morgan fingerprint density at radius 3 is 2.70 bits per heavy atom. The van der Waals surface area contributed by atoms with E-state index in [2.05, 4.69) is 15.4 Å². The molecule has 138 valence electrons. The number of nitro benzene ring substituents is 1. The van der Waals surface area contributed by atoms with Crippen molar-refractivity contribution in [1.29, 1.82) is 0 Å². The molecule has 9 nitrogen and oxygen atoms in total. The van der Waals surface area contributed by atoms with Crippen LogP contribution in [0, 0.1) is 10.1 Å². The van der Waals surface area contributed by atoms with Crippen LogP contribution < -0.4 is 10.1 Å². The molecule has 0 radical (unpaired) electrons. The Bertz CT molecular complexity index is 944. The first-order valence-electron chi connectivity index (χ1n) is 7.84. The number of ether oxygens (including phenoxy) is 1. The second-order valence-corrected chi connectivity index (χ2v) is 5.80. The van der Waals surface area contributed by atoms with Crippen molar-refractivity contribution in [3.05, 3.63) is 75.8 Å². The molecule has 0 aliphatic carbocycles. The smallest absolute Gasteiger partial charge is 0.295 e. The zero-order valence-corrected chi connectivity index (χ0v) is 14.7. The number of benzene rings is 2. The number of rotatable bonds is 7. The molecule has 0 saturated heterocycles. The van der Waals surface area contributed by atoms with Crippen LogP contribution in [0.25, 0.3) is 5.69 Å². The maximum atomic E-state index is 12.2. The largest absolute Gasteiger partial charge is 0.492 e. The zero-order chi connectivity index (χ0) is 19.2. The molecule has 27 heavy (non-hydrogen) atoms. The van der Waals surface area contributed by atoms with Crippen molar-refractivity contribution in [2.45, 2.75) is 0 Å². The van der Waals surface area contributed by atoms with Crippen LogP contribution >= 0.6 is 11.6 Å². The lowest BCUT2D eigenvalue weighted by molar-refractivity contribution is -0.384. The van der Waals surface area contributed by atoms with Crippen LogP contribution in [0.2, 0.25) is 5.02 Å². The Balaban J connectivity index is 1.62. The SMILES string of the molecule is O=C(NCCOc1ccc(Cl)cc1)c1ccc(-n2cncn2)c([N+](=O)[O-])c1. The first-order valence-corrected chi connectivity index (χ1v) is 8.22. The number of halogens is 1. The van der Waals surface area contributed by atoms with Gasteiger partial charge in [0, 0.05) is 16.7 Å². The molecule has 0 fully saturated rings. The molecular formula is C17H14ClN5O4. The third-order valence-corrected chi connectivity index (χ3v) is 3.82. The van der Waals surface area contributed by atoms with Gasteiger partial charge >= 0.3 is 0 Å². The van der Waals surface area contributed by atoms with Crippen LogP contribution in [0.5, 0.6) is 5.75 Å². The monoisotopic (exact) mass is 387 g/mol. The number of nitrogens with one attached hydrogen (secondary N) is 1. The second kappa shape index (κ2) is 8.28. The maximum Gasteiger partial charge on any atom is 0.295 e. The van der Waals surface area contributed by atoms with Crippen LogP contribution in [0.3, 0.4) is 0 Å². The summed E-state index contributed by atoms with van der Waals surface area (Å²) in [5.74, 6) is 0.185. The molecule has 0 saturated carbocycles. The van der Waals surface area contributed by atoms with Crippen molar-refractivity contribution in [3.63, 3.8) is 0 Å². The van der Waals surface area contributed by atoms with Crippen LogP contribution in [0.4, 0.5) is 5.69 Å². The summed E-state index contributed by atoms with van der Waals surface area (Å²) in [5, 5.41) is 18.4. The molecule has 0 spiro atoms. The molecule has 0 atom stereocenters. The number of nitro groups is 1. The first kappa shape index (κ1) is 18.3. The summed E-state index contributed by atoms with van der Waals surface area (Å²) in [5.41, 5.74) is 0.141. The third-order valence-electron chi connectivity index (χ3n) is 3.57. The van der Waals surface area contributed by atoms with Gasteiger partial charge in [0.15, 0.2) is 0 Å². The Kier molecular flexibility index (Phi) is 5.62. The van der Waals surface area contributed by atoms with E-state index in [-0.39, 0.29) is 30.1 Å². The number of nitrogens with zero attached hydrogens (tertiary/aromatic N) is 4. The van der Waals surface area contributed by atoms with Gasteiger partial charge in [-0.25, -0.2) is 9.67 Å². The fraction of sp³-hybridized carbons (Fsp3) is 0.118. The predicted molar refractivity (Wildman–Crippen MR) is 97.3 cm³/mol. The zero-order valence-electron chi connectivity index (χ0n) is 13.9. The second-order valence-electron chi connectivity index (χ2n) is 5.36. The Labute approximate surface area is 158 Å². The van der Waals surface area contributed by atoms with E-state index in [1.165, 1.54) is 35.5 Å². The van der Waals surface area contributed by atoms with Gasteiger partial charge in [0.05, 0.1) is 11.5 Å². The van der Waals surface area contributed by atoms with Gasteiger partial charge in [0.25, 0.3) is 11.6 Å². The average molecular weight is 388 g/mol. The van der Waals surface area contributed by atoms with Crippen LogP contribution in [-0.2, 0) is 0 Å². The van der Waals surface area contributed by atoms with Crippen molar-refractivity contribution >= 4 is 23.2 Å². The molecule has 3 rings (SSSR count). The predicted octanol–water partition coefficient (Wildman–Crippen LogP) is 2.64. The van der Waals surface area contributed by atoms with E-state index in [4.69, 9.17) is 16.3 Å². The summed E-state index contributed by atoms with van der Waals surface area (Å²) in [7, 11) is 0. The first-order chi connectivity index (χ1) is 13.0. The summed E-state index contributed by atoms with van der Waals surface area (Å²) in [6.45, 7) is 0.479. The molecular weight excluding hydrogens is 374 g/mol. The summed E-state index contributed by atoms with van der Waals surface area (Å²) in [6, 6.07) is 11.0. The van der Waals surface area contributed by atoms with Gasteiger partial charge in [-0.2, -0.15) is 5.10 Å². The minimum atomic E-state index is -0.572. The van der Waals surface area contributed by atoms with E-state index in [0.29, 0.717) is 10.8 Å². The molecule has 2 aromatic carbocycles. The number of carbonyl (C=O) groups is 1. The molecule has 0 aliphatic heterocycles. The molecule has 1 N–H and O–H groups in total. The van der Waals surface area contributed by atoms with E-state index in [1.807, 2.05) is 0 Å². The van der Waals surface area contributed by atoms with Gasteiger partial charge < -0.3 is 10.1 Å². The van der Waals surface area contributed by atoms with Gasteiger partial charge in [-0.1, -0.05) is 11.6 Å². The maximum absolute atomic E-state index is 12.2. The molecule has 1 aromatic heterocycles. The topological polar surface area (TPSA) is 112 Å². The molecule has 0 bridgehead atoms. The minimum Gasteiger partial charge on any atom is -0.492 e. The van der Waals surface area contributed by atoms with E-state index < -0.39 is 10.8 Å². The summed E-state index contributed by atoms with van der Waals surface area (Å²) in [6.07, 6.45) is 2.61. The molecule has 10 heteroatoms. The fourth-order valence-corrected chi connectivity index (χ4v) is 2.43. The van der Waals surface area contributed by atoms with Gasteiger partial charge in [-0.3, -0.25) is 14.9 Å². The minimum absolute atomic E-state index is 0.164. The Hall–Kier alpha value is -3.46. The third kappa shape index (κ3) is 4.59. The summed E-state index contributed by atoms with van der Waals surface area (Å²) >= 11 is 5.79. The average Bonchev–Trinajstić information content (AvgIpc) is 3.20. The highest BCUT2D eigenvalue weighted by Crippen LogP contribution is 2.23. The molecule has 0 unspecified atom stereocenters. The highest BCUT2D eigenvalue weighted by molar-refractivity contribution is 6.30. The quantitative estimate of drug-likeness (QED) is 0.379. The van der Waals surface area contributed by atoms with Crippen molar-refractivity contribution in [3.8, 4) is 11.4 Å². The van der Waals surface area contributed by atoms with E-state index in [1.54, 1.807) is 24.3 Å². The van der Waals surface area contributed by atoms with Gasteiger partial charge in [0.2, 0.25) is 0 Å². The van der Waals surface area contributed by atoms with Crippen molar-refractivity contribution in [1.82, 2.24) is 20.1 Å². The number of amides is 1. The van der Waals surface area contributed by atoms with E-state index in [0.717, 1.165) is 0 Å². The molecule has 1 amide bonds. The van der Waals surface area contributed by atoms with Crippen molar-refractivity contribution < 1.29 is 14.5 Å². The number of hydrogen-bond acceptors (Lipinski definition) is 6. The number of aromatic nitrogens is 3. The lowest BCUT2D eigenvalue weighted by atomic mass is 10.1. The summed E-state index contributed by atoms with van der Waals surface area (Å²) < 4.78 is 6.74. The lowest BCUT2D eigenvalue weighted by Gasteiger charge is -2.09. The standard InChI is InChI=1S/C17H14ClN5O4/c18-13-2-4-14(5-3-13)27-8-7-20-17(24)12-1-6-15(16(9-12)23(25)26)22-11-19-10-21-22/h1-6,9-11H,7-8H2,(H,20,24). The summed E-state index contributed by atoms with van der Waals surface area (Å²) in [4.78, 5) is 26.7. The Morgan fingerprint density at radius 1 is 1.26 bits per heavy atom. The van der Waals surface area contributed by atoms with Gasteiger partial charge in [-0.05, 0) is 36.4 Å². The number of carbonyl (C=O) groups excluding carboxylic acids is 1. The highest BCUT2D eigenvalue weighted by Gasteiger charge is 2.19. The molecule has 3 aromatic rings. The van der Waals surface area contributed by atoms with E-state index >= 15 is 0 Å².